The lowest BCUT2D eigenvalue weighted by molar-refractivity contribution is -0.133. The van der Waals surface area contributed by atoms with Gasteiger partial charge in [-0.1, -0.05) is 125 Å². The Hall–Kier alpha value is -5.50. The Morgan fingerprint density at radius 2 is 0.719 bits per heavy atom. The molecule has 4 rings (SSSR count). The average Bonchev–Trinajstić information content (AvgIpc) is 3.26. The minimum Gasteiger partial charge on any atom is -0.388 e. The largest absolute Gasteiger partial charge is 0.388 e. The van der Waals surface area contributed by atoms with E-state index in [2.05, 4.69) is 30.7 Å². The standard InChI is InChI=1S/C46H60N6O10S2/c1-29(2)39(49-43(55)31(5)51-63(59,60)35-23-15-9-16-24-35)45(57)47-37(27-33-19-11-7-12-20-33)41(53)42(54)38(28-34-21-13-8-14-22-34)48-46(58)40(30(3)4)50-44(56)32(6)52-64(61,62)36-25-17-10-18-26-36/h7-26,29-32,37-42,51-54H,27-28H2,1-6H3,(H,47,57)(H,48,58)(H,49,55)(H,50,56)/t31-,32-,37-,38-,39-,40-,41+,42+/m0/s1. The van der Waals surface area contributed by atoms with Gasteiger partial charge < -0.3 is 31.5 Å². The van der Waals surface area contributed by atoms with E-state index < -0.39 is 104 Å². The van der Waals surface area contributed by atoms with Crippen molar-refractivity contribution in [3.05, 3.63) is 132 Å². The highest BCUT2D eigenvalue weighted by molar-refractivity contribution is 7.89. The smallest absolute Gasteiger partial charge is 0.243 e. The molecule has 0 spiro atoms. The van der Waals surface area contributed by atoms with E-state index in [1.807, 2.05) is 0 Å². The number of amides is 4. The zero-order chi connectivity index (χ0) is 47.2. The predicted octanol–water partition coefficient (Wildman–Crippen LogP) is 2.18. The van der Waals surface area contributed by atoms with Crippen molar-refractivity contribution in [2.75, 3.05) is 0 Å². The third-order valence-electron chi connectivity index (χ3n) is 10.5. The second-order valence-electron chi connectivity index (χ2n) is 16.4. The summed E-state index contributed by atoms with van der Waals surface area (Å²) in [4.78, 5) is 54.9. The monoisotopic (exact) mass is 920 g/mol. The Kier molecular flexibility index (Phi) is 18.7. The van der Waals surface area contributed by atoms with Gasteiger partial charge in [-0.25, -0.2) is 16.8 Å². The van der Waals surface area contributed by atoms with E-state index in [1.54, 1.807) is 125 Å². The minimum absolute atomic E-state index is 0.00427. The molecule has 0 unspecified atom stereocenters. The number of hydrogen-bond acceptors (Lipinski definition) is 10. The van der Waals surface area contributed by atoms with Gasteiger partial charge in [-0.3, -0.25) is 19.2 Å². The van der Waals surface area contributed by atoms with Crippen LogP contribution < -0.4 is 30.7 Å². The van der Waals surface area contributed by atoms with Crippen molar-refractivity contribution in [1.29, 1.82) is 0 Å². The molecule has 0 aliphatic rings. The fourth-order valence-corrected chi connectivity index (χ4v) is 9.25. The summed E-state index contributed by atoms with van der Waals surface area (Å²) in [5, 5.41) is 34.9. The molecule has 8 atom stereocenters. The van der Waals surface area contributed by atoms with Gasteiger partial charge in [0.2, 0.25) is 43.7 Å². The van der Waals surface area contributed by atoms with Crippen LogP contribution in [0, 0.1) is 11.8 Å². The second-order valence-corrected chi connectivity index (χ2v) is 19.8. The van der Waals surface area contributed by atoms with Crippen molar-refractivity contribution < 1.29 is 46.2 Å². The van der Waals surface area contributed by atoms with Crippen molar-refractivity contribution in [2.24, 2.45) is 11.8 Å². The van der Waals surface area contributed by atoms with Crippen molar-refractivity contribution in [3.63, 3.8) is 0 Å². The van der Waals surface area contributed by atoms with E-state index in [0.29, 0.717) is 11.1 Å². The molecule has 4 aromatic carbocycles. The van der Waals surface area contributed by atoms with Gasteiger partial charge in [-0.15, -0.1) is 0 Å². The topological polar surface area (TPSA) is 249 Å². The van der Waals surface area contributed by atoms with E-state index in [0.717, 1.165) is 0 Å². The molecule has 0 radical (unpaired) electrons. The quantitative estimate of drug-likeness (QED) is 0.0539. The van der Waals surface area contributed by atoms with E-state index in [4.69, 9.17) is 0 Å². The molecule has 8 N–H and O–H groups in total. The summed E-state index contributed by atoms with van der Waals surface area (Å²) < 4.78 is 56.4. The third-order valence-corrected chi connectivity index (χ3v) is 13.6. The average molecular weight is 921 g/mol. The number of aliphatic hydroxyl groups excluding tert-OH is 2. The molecule has 4 amide bonds. The zero-order valence-corrected chi connectivity index (χ0v) is 38.3. The summed E-state index contributed by atoms with van der Waals surface area (Å²) >= 11 is 0. The van der Waals surface area contributed by atoms with Crippen LogP contribution in [0.1, 0.15) is 52.7 Å². The van der Waals surface area contributed by atoms with Gasteiger partial charge in [0.25, 0.3) is 0 Å². The molecule has 0 heterocycles. The summed E-state index contributed by atoms with van der Waals surface area (Å²) in [6.07, 6.45) is -3.47. The molecule has 18 heteroatoms. The van der Waals surface area contributed by atoms with Gasteiger partial charge in [0, 0.05) is 0 Å². The highest BCUT2D eigenvalue weighted by atomic mass is 32.2. The number of rotatable bonds is 23. The second kappa shape index (κ2) is 23.4. The lowest BCUT2D eigenvalue weighted by Crippen LogP contribution is -2.62. The van der Waals surface area contributed by atoms with Gasteiger partial charge in [-0.2, -0.15) is 9.44 Å². The first-order chi connectivity index (χ1) is 30.2. The Balaban J connectivity index is 1.57. The van der Waals surface area contributed by atoms with Gasteiger partial charge in [-0.05, 0) is 73.9 Å². The first-order valence-corrected chi connectivity index (χ1v) is 24.0. The molecule has 0 bridgehead atoms. The number of hydrogen-bond donors (Lipinski definition) is 8. The molecule has 0 aliphatic heterocycles. The van der Waals surface area contributed by atoms with Crippen molar-refractivity contribution in [1.82, 2.24) is 30.7 Å². The molecule has 0 saturated heterocycles. The van der Waals surface area contributed by atoms with Crippen LogP contribution >= 0.6 is 0 Å². The third kappa shape index (κ3) is 14.8. The number of aliphatic hydroxyl groups is 2. The lowest BCUT2D eigenvalue weighted by Gasteiger charge is -2.35. The predicted molar refractivity (Wildman–Crippen MR) is 242 cm³/mol. The van der Waals surface area contributed by atoms with Crippen LogP contribution in [0.3, 0.4) is 0 Å². The van der Waals surface area contributed by atoms with Crippen LogP contribution in [0.2, 0.25) is 0 Å². The molecule has 0 saturated carbocycles. The van der Waals surface area contributed by atoms with Gasteiger partial charge in [0.15, 0.2) is 0 Å². The molecule has 16 nitrogen and oxygen atoms in total. The Morgan fingerprint density at radius 1 is 0.438 bits per heavy atom. The Bertz CT molecular complexity index is 2190. The summed E-state index contributed by atoms with van der Waals surface area (Å²) in [5.41, 5.74) is 1.35. The fraction of sp³-hybridized carbons (Fsp3) is 0.391. The number of benzene rings is 4. The molecular weight excluding hydrogens is 861 g/mol. The van der Waals surface area contributed by atoms with Crippen molar-refractivity contribution in [3.8, 4) is 0 Å². The number of nitrogens with one attached hydrogen (secondary N) is 6. The maximum absolute atomic E-state index is 14.1. The summed E-state index contributed by atoms with van der Waals surface area (Å²) in [6, 6.07) is 25.3. The normalized spacial score (nSPS) is 15.7. The van der Waals surface area contributed by atoms with Crippen LogP contribution in [-0.4, -0.2) is 99.1 Å². The maximum Gasteiger partial charge on any atom is 0.243 e. The highest BCUT2D eigenvalue weighted by Gasteiger charge is 2.38. The Labute approximate surface area is 376 Å². The van der Waals surface area contributed by atoms with Gasteiger partial charge >= 0.3 is 0 Å². The van der Waals surface area contributed by atoms with Crippen LogP contribution in [0.5, 0.6) is 0 Å². The van der Waals surface area contributed by atoms with Crippen molar-refractivity contribution >= 4 is 43.7 Å². The molecule has 64 heavy (non-hydrogen) atoms. The first-order valence-electron chi connectivity index (χ1n) is 21.0. The van der Waals surface area contributed by atoms with Crippen LogP contribution in [0.4, 0.5) is 0 Å². The van der Waals surface area contributed by atoms with Crippen molar-refractivity contribution in [2.45, 2.75) is 113 Å². The number of sulfonamides is 2. The van der Waals surface area contributed by atoms with Crippen LogP contribution in [-0.2, 0) is 52.1 Å². The molecular formula is C46H60N6O10S2. The zero-order valence-electron chi connectivity index (χ0n) is 36.7. The molecule has 4 aromatic rings. The summed E-state index contributed by atoms with van der Waals surface area (Å²) in [7, 11) is -8.16. The molecule has 0 aliphatic carbocycles. The van der Waals surface area contributed by atoms with Gasteiger partial charge in [0.05, 0.1) is 34.0 Å². The summed E-state index contributed by atoms with van der Waals surface area (Å²) in [5.74, 6) is -4.06. The minimum atomic E-state index is -4.08. The molecule has 0 fully saturated rings. The number of carbonyl (C=O) groups is 4. The van der Waals surface area contributed by atoms with Crippen LogP contribution in [0.15, 0.2) is 131 Å². The fourth-order valence-electron chi connectivity index (χ4n) is 6.81. The molecule has 0 aromatic heterocycles. The van der Waals surface area contributed by atoms with E-state index in [-0.39, 0.29) is 22.6 Å². The number of carbonyl (C=O) groups excluding carboxylic acids is 4. The summed E-state index contributed by atoms with van der Waals surface area (Å²) in [6.45, 7) is 9.39. The Morgan fingerprint density at radius 3 is 1.00 bits per heavy atom. The first kappa shape index (κ1) is 51.1. The van der Waals surface area contributed by atoms with E-state index >= 15 is 0 Å². The molecule has 346 valence electrons. The highest BCUT2D eigenvalue weighted by Crippen LogP contribution is 2.18. The van der Waals surface area contributed by atoms with Crippen LogP contribution in [0.25, 0.3) is 0 Å². The lowest BCUT2D eigenvalue weighted by atomic mass is 9.90. The van der Waals surface area contributed by atoms with E-state index in [9.17, 15) is 46.2 Å². The van der Waals surface area contributed by atoms with Gasteiger partial charge in [0.1, 0.15) is 24.3 Å². The SMILES string of the molecule is CC(C)[C@H](NC(=O)[C@H](C)NS(=O)(=O)c1ccccc1)C(=O)N[C@@H](Cc1ccccc1)[C@@H](O)[C@H](O)[C@H](Cc1ccccc1)NC(=O)[C@@H](NC(=O)[C@H](C)NS(=O)(=O)c1ccccc1)C(C)C. The maximum atomic E-state index is 14.1. The van der Waals surface area contributed by atoms with E-state index in [1.165, 1.54) is 38.1 Å².